The van der Waals surface area contributed by atoms with Crippen LogP contribution in [0.2, 0.25) is 5.15 Å². The average molecular weight is 472 g/mol. The van der Waals surface area contributed by atoms with Crippen LogP contribution in [0.1, 0.15) is 51.5 Å². The SMILES string of the molecule is CC(C)(C)OC(=O)N1CC(F)(F)CCC1c1nc(-c2ccnc(Cl)c2)nn1C1CSC1. The molecule has 0 bridgehead atoms. The minimum absolute atomic E-state index is 0.0708. The topological polar surface area (TPSA) is 73.1 Å². The van der Waals surface area contributed by atoms with Gasteiger partial charge in [0.25, 0.3) is 5.92 Å². The lowest BCUT2D eigenvalue weighted by Crippen LogP contribution is -2.50. The van der Waals surface area contributed by atoms with Crippen molar-refractivity contribution in [1.29, 1.82) is 0 Å². The zero-order chi connectivity index (χ0) is 22.4. The number of likely N-dealkylation sites (tertiary alicyclic amines) is 1. The highest BCUT2D eigenvalue weighted by molar-refractivity contribution is 8.00. The predicted octanol–water partition coefficient (Wildman–Crippen LogP) is 4.99. The number of amides is 1. The summed E-state index contributed by atoms with van der Waals surface area (Å²) in [4.78, 5) is 22.6. The van der Waals surface area contributed by atoms with E-state index in [2.05, 4.69) is 15.1 Å². The Labute approximate surface area is 188 Å². The first-order chi connectivity index (χ1) is 14.5. The predicted molar refractivity (Wildman–Crippen MR) is 114 cm³/mol. The standard InChI is InChI=1S/C20H24ClF2N5O2S/c1-19(2,3)30-18(29)27-11-20(22,23)6-4-14(27)17-25-16(12-5-7-24-15(21)8-12)26-28(17)13-9-31-10-13/h5,7-8,13-14H,4,6,9-11H2,1-3H3. The summed E-state index contributed by atoms with van der Waals surface area (Å²) in [6.45, 7) is 4.42. The van der Waals surface area contributed by atoms with Crippen molar-refractivity contribution < 1.29 is 18.3 Å². The van der Waals surface area contributed by atoms with Crippen LogP contribution in [0.3, 0.4) is 0 Å². The largest absolute Gasteiger partial charge is 0.444 e. The van der Waals surface area contributed by atoms with Gasteiger partial charge in [0.15, 0.2) is 11.6 Å². The highest BCUT2D eigenvalue weighted by Crippen LogP contribution is 2.41. The van der Waals surface area contributed by atoms with Gasteiger partial charge < -0.3 is 4.74 Å². The molecule has 7 nitrogen and oxygen atoms in total. The fourth-order valence-corrected chi connectivity index (χ4v) is 4.49. The Kier molecular flexibility index (Phi) is 5.89. The minimum atomic E-state index is -2.98. The van der Waals surface area contributed by atoms with Crippen molar-refractivity contribution in [3.63, 3.8) is 0 Å². The van der Waals surface area contributed by atoms with E-state index >= 15 is 0 Å². The van der Waals surface area contributed by atoms with Crippen molar-refractivity contribution in [3.8, 4) is 11.4 Å². The smallest absolute Gasteiger partial charge is 0.411 e. The summed E-state index contributed by atoms with van der Waals surface area (Å²) < 4.78 is 35.8. The van der Waals surface area contributed by atoms with E-state index in [9.17, 15) is 13.6 Å². The lowest BCUT2D eigenvalue weighted by Gasteiger charge is -2.40. The zero-order valence-electron chi connectivity index (χ0n) is 17.5. The molecule has 0 saturated carbocycles. The molecule has 2 aromatic heterocycles. The number of rotatable bonds is 3. The molecular formula is C20H24ClF2N5O2S. The maximum Gasteiger partial charge on any atom is 0.411 e. The molecule has 1 atom stereocenters. The molecule has 0 N–H and O–H groups in total. The molecule has 4 rings (SSSR count). The van der Waals surface area contributed by atoms with Crippen molar-refractivity contribution in [2.45, 2.75) is 57.2 Å². The molecule has 11 heteroatoms. The lowest BCUT2D eigenvalue weighted by molar-refractivity contribution is -0.0879. The second kappa shape index (κ2) is 8.20. The first kappa shape index (κ1) is 22.3. The summed E-state index contributed by atoms with van der Waals surface area (Å²) in [7, 11) is 0. The van der Waals surface area contributed by atoms with E-state index in [4.69, 9.17) is 16.3 Å². The average Bonchev–Trinajstić information content (AvgIpc) is 3.02. The third-order valence-corrected chi connectivity index (χ3v) is 6.54. The molecule has 0 radical (unpaired) electrons. The number of piperidine rings is 1. The van der Waals surface area contributed by atoms with Gasteiger partial charge in [0, 0.05) is 29.7 Å². The fraction of sp³-hybridized carbons (Fsp3) is 0.600. The van der Waals surface area contributed by atoms with Crippen molar-refractivity contribution in [2.24, 2.45) is 0 Å². The number of hydrogen-bond donors (Lipinski definition) is 0. The second-order valence-corrected chi connectivity index (χ2v) is 10.3. The van der Waals surface area contributed by atoms with Crippen LogP contribution in [-0.4, -0.2) is 60.3 Å². The van der Waals surface area contributed by atoms with E-state index in [-0.39, 0.29) is 18.9 Å². The molecule has 4 heterocycles. The van der Waals surface area contributed by atoms with E-state index in [1.807, 2.05) is 0 Å². The molecule has 1 amide bonds. The van der Waals surface area contributed by atoms with Gasteiger partial charge >= 0.3 is 6.09 Å². The van der Waals surface area contributed by atoms with Crippen LogP contribution in [0.4, 0.5) is 13.6 Å². The van der Waals surface area contributed by atoms with E-state index in [0.717, 1.165) is 16.4 Å². The third-order valence-electron chi connectivity index (χ3n) is 5.10. The maximum absolute atomic E-state index is 14.3. The number of hydrogen-bond acceptors (Lipinski definition) is 6. The van der Waals surface area contributed by atoms with Crippen molar-refractivity contribution >= 4 is 29.5 Å². The van der Waals surface area contributed by atoms with Gasteiger partial charge in [-0.1, -0.05) is 11.6 Å². The number of pyridine rings is 1. The molecule has 2 aliphatic rings. The van der Waals surface area contributed by atoms with E-state index in [0.29, 0.717) is 22.4 Å². The summed E-state index contributed by atoms with van der Waals surface area (Å²) >= 11 is 7.79. The lowest BCUT2D eigenvalue weighted by atomic mass is 9.99. The second-order valence-electron chi connectivity index (χ2n) is 8.82. The normalized spacial score (nSPS) is 21.6. The van der Waals surface area contributed by atoms with Gasteiger partial charge in [-0.3, -0.25) is 4.90 Å². The summed E-state index contributed by atoms with van der Waals surface area (Å²) in [5.41, 5.74) is -0.122. The van der Waals surface area contributed by atoms with Crippen molar-refractivity contribution in [2.75, 3.05) is 18.1 Å². The molecular weight excluding hydrogens is 448 g/mol. The molecule has 0 spiro atoms. The highest BCUT2D eigenvalue weighted by atomic mass is 35.5. The van der Waals surface area contributed by atoms with Crippen LogP contribution >= 0.6 is 23.4 Å². The molecule has 0 aromatic carbocycles. The van der Waals surface area contributed by atoms with Crippen LogP contribution in [0.15, 0.2) is 18.3 Å². The molecule has 2 saturated heterocycles. The molecule has 2 aliphatic heterocycles. The first-order valence-corrected chi connectivity index (χ1v) is 11.6. The number of carbonyl (C=O) groups is 1. The van der Waals surface area contributed by atoms with E-state index in [1.54, 1.807) is 55.5 Å². The van der Waals surface area contributed by atoms with E-state index < -0.39 is 30.2 Å². The van der Waals surface area contributed by atoms with Gasteiger partial charge in [-0.05, 0) is 39.3 Å². The van der Waals surface area contributed by atoms with Gasteiger partial charge in [-0.15, -0.1) is 0 Å². The Balaban J connectivity index is 1.73. The van der Waals surface area contributed by atoms with Crippen LogP contribution in [-0.2, 0) is 4.74 Å². The molecule has 2 fully saturated rings. The maximum atomic E-state index is 14.3. The Morgan fingerprint density at radius 2 is 2.10 bits per heavy atom. The Bertz CT molecular complexity index is 977. The Morgan fingerprint density at radius 1 is 1.35 bits per heavy atom. The first-order valence-electron chi connectivity index (χ1n) is 10.1. The van der Waals surface area contributed by atoms with Crippen LogP contribution in [0.25, 0.3) is 11.4 Å². The van der Waals surface area contributed by atoms with Crippen LogP contribution < -0.4 is 0 Å². The van der Waals surface area contributed by atoms with Gasteiger partial charge in [0.2, 0.25) is 0 Å². The highest BCUT2D eigenvalue weighted by Gasteiger charge is 2.46. The monoisotopic (exact) mass is 471 g/mol. The van der Waals surface area contributed by atoms with Crippen LogP contribution in [0, 0.1) is 0 Å². The van der Waals surface area contributed by atoms with E-state index in [1.165, 1.54) is 0 Å². The number of carbonyl (C=O) groups excluding carboxylic acids is 1. The quantitative estimate of drug-likeness (QED) is 0.587. The number of aromatic nitrogens is 4. The van der Waals surface area contributed by atoms with Gasteiger partial charge in [-0.2, -0.15) is 16.9 Å². The number of ether oxygens (including phenoxy) is 1. The number of halogens is 3. The van der Waals surface area contributed by atoms with Gasteiger partial charge in [-0.25, -0.2) is 28.2 Å². The van der Waals surface area contributed by atoms with Crippen molar-refractivity contribution in [3.05, 3.63) is 29.3 Å². The zero-order valence-corrected chi connectivity index (χ0v) is 19.1. The van der Waals surface area contributed by atoms with Crippen LogP contribution in [0.5, 0.6) is 0 Å². The summed E-state index contributed by atoms with van der Waals surface area (Å²) in [5, 5.41) is 4.97. The Morgan fingerprint density at radius 3 is 2.71 bits per heavy atom. The Hall–Kier alpha value is -1.94. The van der Waals surface area contributed by atoms with Gasteiger partial charge in [0.1, 0.15) is 10.8 Å². The van der Waals surface area contributed by atoms with Gasteiger partial charge in [0.05, 0.1) is 18.6 Å². The van der Waals surface area contributed by atoms with Crippen molar-refractivity contribution in [1.82, 2.24) is 24.6 Å². The molecule has 31 heavy (non-hydrogen) atoms. The molecule has 0 aliphatic carbocycles. The number of nitrogens with zero attached hydrogens (tertiary/aromatic N) is 5. The molecule has 2 aromatic rings. The minimum Gasteiger partial charge on any atom is -0.444 e. The summed E-state index contributed by atoms with van der Waals surface area (Å²) in [6, 6.07) is 2.84. The number of alkyl halides is 2. The summed E-state index contributed by atoms with van der Waals surface area (Å²) in [5.74, 6) is -0.358. The molecule has 168 valence electrons. The fourth-order valence-electron chi connectivity index (χ4n) is 3.58. The third kappa shape index (κ3) is 4.95. The molecule has 1 unspecified atom stereocenters. The summed E-state index contributed by atoms with van der Waals surface area (Å²) in [6.07, 6.45) is 0.523. The number of thioether (sulfide) groups is 1.